The fraction of sp³-hybridized carbons (Fsp3) is 0.286. The number of carbonyl (C=O) groups excluding carboxylic acids is 1. The van der Waals surface area contributed by atoms with Crippen LogP contribution in [0.2, 0.25) is 0 Å². The van der Waals surface area contributed by atoms with Crippen molar-refractivity contribution in [3.05, 3.63) is 40.9 Å². The molecule has 0 aromatic carbocycles. The first-order chi connectivity index (χ1) is 11.8. The van der Waals surface area contributed by atoms with E-state index in [0.717, 1.165) is 4.88 Å². The van der Waals surface area contributed by atoms with Gasteiger partial charge in [-0.2, -0.15) is 18.3 Å². The molecule has 0 radical (unpaired) electrons. The van der Waals surface area contributed by atoms with Crippen molar-refractivity contribution in [2.45, 2.75) is 19.1 Å². The molecule has 132 valence electrons. The topological polar surface area (TPSA) is 88.5 Å². The number of amides is 1. The monoisotopic (exact) mass is 370 g/mol. The molecular formula is C14H13F3N6OS. The summed E-state index contributed by atoms with van der Waals surface area (Å²) in [5, 5.41) is 14.1. The third-order valence-electron chi connectivity index (χ3n) is 3.34. The zero-order valence-corrected chi connectivity index (χ0v) is 13.9. The van der Waals surface area contributed by atoms with Gasteiger partial charge < -0.3 is 5.32 Å². The zero-order valence-electron chi connectivity index (χ0n) is 13.1. The van der Waals surface area contributed by atoms with Crippen LogP contribution < -0.4 is 5.32 Å². The third kappa shape index (κ3) is 3.55. The molecule has 3 aromatic heterocycles. The SMILES string of the molecule is CC(NC(=O)c1cn(C)nc1-c1cccs1)c1nc(C(F)(F)F)n[nH]1. The fourth-order valence-electron chi connectivity index (χ4n) is 2.19. The van der Waals surface area contributed by atoms with Gasteiger partial charge in [0.2, 0.25) is 0 Å². The molecule has 3 heterocycles. The minimum Gasteiger partial charge on any atom is -0.342 e. The van der Waals surface area contributed by atoms with E-state index in [1.807, 2.05) is 17.5 Å². The highest BCUT2D eigenvalue weighted by Gasteiger charge is 2.36. The van der Waals surface area contributed by atoms with Crippen LogP contribution in [0.25, 0.3) is 10.6 Å². The maximum absolute atomic E-state index is 12.6. The van der Waals surface area contributed by atoms with Gasteiger partial charge in [-0.3, -0.25) is 14.6 Å². The molecule has 2 N–H and O–H groups in total. The van der Waals surface area contributed by atoms with Gasteiger partial charge in [0.15, 0.2) is 0 Å². The molecule has 0 spiro atoms. The number of carbonyl (C=O) groups is 1. The lowest BCUT2D eigenvalue weighted by atomic mass is 10.2. The van der Waals surface area contributed by atoms with Crippen molar-refractivity contribution >= 4 is 17.2 Å². The van der Waals surface area contributed by atoms with E-state index in [9.17, 15) is 18.0 Å². The average molecular weight is 370 g/mol. The van der Waals surface area contributed by atoms with Crippen molar-refractivity contribution in [3.8, 4) is 10.6 Å². The van der Waals surface area contributed by atoms with Crippen LogP contribution in [0.15, 0.2) is 23.7 Å². The van der Waals surface area contributed by atoms with Crippen LogP contribution in [-0.4, -0.2) is 30.9 Å². The van der Waals surface area contributed by atoms with Gasteiger partial charge in [0, 0.05) is 13.2 Å². The predicted octanol–water partition coefficient (Wildman–Crippen LogP) is 2.78. The number of aromatic nitrogens is 5. The van der Waals surface area contributed by atoms with E-state index in [4.69, 9.17) is 0 Å². The summed E-state index contributed by atoms with van der Waals surface area (Å²) in [7, 11) is 1.68. The Kier molecular flexibility index (Phi) is 4.33. The number of aryl methyl sites for hydroxylation is 1. The van der Waals surface area contributed by atoms with Gasteiger partial charge >= 0.3 is 6.18 Å². The van der Waals surface area contributed by atoms with E-state index >= 15 is 0 Å². The van der Waals surface area contributed by atoms with Crippen molar-refractivity contribution in [1.82, 2.24) is 30.3 Å². The number of hydrogen-bond donors (Lipinski definition) is 2. The summed E-state index contributed by atoms with van der Waals surface area (Å²) in [4.78, 5) is 16.7. The van der Waals surface area contributed by atoms with Crippen LogP contribution in [0, 0.1) is 0 Å². The first-order valence-corrected chi connectivity index (χ1v) is 8.01. The molecule has 0 fully saturated rings. The Hall–Kier alpha value is -2.69. The minimum absolute atomic E-state index is 0.0813. The minimum atomic E-state index is -4.64. The van der Waals surface area contributed by atoms with E-state index in [1.165, 1.54) is 22.9 Å². The van der Waals surface area contributed by atoms with Crippen LogP contribution >= 0.6 is 11.3 Å². The van der Waals surface area contributed by atoms with Gasteiger partial charge in [0.25, 0.3) is 11.7 Å². The van der Waals surface area contributed by atoms with Gasteiger partial charge in [0.05, 0.1) is 16.5 Å². The van der Waals surface area contributed by atoms with Crippen LogP contribution in [0.5, 0.6) is 0 Å². The van der Waals surface area contributed by atoms with Crippen molar-refractivity contribution in [1.29, 1.82) is 0 Å². The highest BCUT2D eigenvalue weighted by Crippen LogP contribution is 2.28. The Morgan fingerprint density at radius 1 is 1.44 bits per heavy atom. The van der Waals surface area contributed by atoms with Gasteiger partial charge in [-0.25, -0.2) is 4.98 Å². The Morgan fingerprint density at radius 2 is 2.20 bits per heavy atom. The molecule has 0 saturated carbocycles. The summed E-state index contributed by atoms with van der Waals surface area (Å²) in [6.07, 6.45) is -3.09. The van der Waals surface area contributed by atoms with Gasteiger partial charge in [0.1, 0.15) is 11.5 Å². The molecule has 11 heteroatoms. The van der Waals surface area contributed by atoms with Gasteiger partial charge in [-0.1, -0.05) is 6.07 Å². The number of halogens is 3. The van der Waals surface area contributed by atoms with E-state index < -0.39 is 23.9 Å². The summed E-state index contributed by atoms with van der Waals surface area (Å²) < 4.78 is 39.2. The fourth-order valence-corrected chi connectivity index (χ4v) is 2.91. The average Bonchev–Trinajstić information content (AvgIpc) is 3.26. The predicted molar refractivity (Wildman–Crippen MR) is 83.8 cm³/mol. The summed E-state index contributed by atoms with van der Waals surface area (Å²) in [5.74, 6) is -1.82. The summed E-state index contributed by atoms with van der Waals surface area (Å²) in [6, 6.07) is 2.89. The lowest BCUT2D eigenvalue weighted by molar-refractivity contribution is -0.144. The number of hydrogen-bond acceptors (Lipinski definition) is 5. The maximum atomic E-state index is 12.6. The number of rotatable bonds is 4. The highest BCUT2D eigenvalue weighted by atomic mass is 32.1. The molecule has 1 atom stereocenters. The second-order valence-corrected chi connectivity index (χ2v) is 6.23. The summed E-state index contributed by atoms with van der Waals surface area (Å²) in [6.45, 7) is 1.51. The summed E-state index contributed by atoms with van der Waals surface area (Å²) >= 11 is 1.43. The molecule has 0 aliphatic rings. The zero-order chi connectivity index (χ0) is 18.2. The van der Waals surface area contributed by atoms with E-state index in [-0.39, 0.29) is 5.82 Å². The van der Waals surface area contributed by atoms with Crippen molar-refractivity contribution < 1.29 is 18.0 Å². The molecule has 25 heavy (non-hydrogen) atoms. The normalized spacial score (nSPS) is 13.0. The molecule has 7 nitrogen and oxygen atoms in total. The standard InChI is InChI=1S/C14H13F3N6OS/c1-7(11-19-13(21-20-11)14(15,16)17)18-12(24)8-6-23(2)22-10(8)9-4-3-5-25-9/h3-7H,1-2H3,(H,18,24)(H,19,20,21). The number of H-pyrrole nitrogens is 1. The Bertz CT molecular complexity index is 883. The second-order valence-electron chi connectivity index (χ2n) is 5.28. The Balaban J connectivity index is 1.80. The van der Waals surface area contributed by atoms with Crippen LogP contribution in [0.4, 0.5) is 13.2 Å². The molecule has 0 aliphatic carbocycles. The first kappa shape index (κ1) is 17.1. The largest absolute Gasteiger partial charge is 0.453 e. The molecule has 0 bridgehead atoms. The van der Waals surface area contributed by atoms with Crippen LogP contribution in [0.3, 0.4) is 0 Å². The number of nitrogens with zero attached hydrogens (tertiary/aromatic N) is 4. The van der Waals surface area contributed by atoms with Gasteiger partial charge in [-0.15, -0.1) is 16.4 Å². The maximum Gasteiger partial charge on any atom is 0.453 e. The summed E-state index contributed by atoms with van der Waals surface area (Å²) in [5.41, 5.74) is 0.836. The van der Waals surface area contributed by atoms with Crippen molar-refractivity contribution in [2.75, 3.05) is 0 Å². The molecule has 1 unspecified atom stereocenters. The molecule has 0 aliphatic heterocycles. The molecular weight excluding hydrogens is 357 g/mol. The Morgan fingerprint density at radius 3 is 2.80 bits per heavy atom. The lowest BCUT2D eigenvalue weighted by Gasteiger charge is -2.10. The highest BCUT2D eigenvalue weighted by molar-refractivity contribution is 7.13. The van der Waals surface area contributed by atoms with Crippen LogP contribution in [0.1, 0.15) is 35.0 Å². The molecule has 3 rings (SSSR count). The molecule has 0 saturated heterocycles. The van der Waals surface area contributed by atoms with Gasteiger partial charge in [-0.05, 0) is 18.4 Å². The lowest BCUT2D eigenvalue weighted by Crippen LogP contribution is -2.27. The first-order valence-electron chi connectivity index (χ1n) is 7.13. The molecule has 1 amide bonds. The van der Waals surface area contributed by atoms with E-state index in [1.54, 1.807) is 13.2 Å². The number of nitrogens with one attached hydrogen (secondary N) is 2. The van der Waals surface area contributed by atoms with Crippen LogP contribution in [-0.2, 0) is 13.2 Å². The van der Waals surface area contributed by atoms with Crippen molar-refractivity contribution in [2.24, 2.45) is 7.05 Å². The number of thiophene rings is 1. The second kappa shape index (κ2) is 6.31. The number of aromatic amines is 1. The number of alkyl halides is 3. The Labute approximate surface area is 143 Å². The van der Waals surface area contributed by atoms with E-state index in [0.29, 0.717) is 11.3 Å². The van der Waals surface area contributed by atoms with E-state index in [2.05, 4.69) is 25.6 Å². The smallest absolute Gasteiger partial charge is 0.342 e. The quantitative estimate of drug-likeness (QED) is 0.739. The third-order valence-corrected chi connectivity index (χ3v) is 4.22. The molecule has 3 aromatic rings. The van der Waals surface area contributed by atoms with Crippen molar-refractivity contribution in [3.63, 3.8) is 0 Å².